The molecule has 0 aliphatic rings. The van der Waals surface area contributed by atoms with Crippen LogP contribution in [0.1, 0.15) is 42.1 Å². The van der Waals surface area contributed by atoms with Crippen molar-refractivity contribution >= 4 is 11.3 Å². The fraction of sp³-hybridized carbons (Fsp3) is 0.385. The van der Waals surface area contributed by atoms with Gasteiger partial charge in [0.1, 0.15) is 0 Å². The first-order valence-corrected chi connectivity index (χ1v) is 6.62. The minimum absolute atomic E-state index is 0.314. The van der Waals surface area contributed by atoms with Crippen molar-refractivity contribution in [3.63, 3.8) is 0 Å². The number of rotatable bonds is 4. The highest BCUT2D eigenvalue weighted by Crippen LogP contribution is 2.24. The summed E-state index contributed by atoms with van der Waals surface area (Å²) < 4.78 is 0. The largest absolute Gasteiger partial charge is 0.303 e. The zero-order valence-electron chi connectivity index (χ0n) is 10.3. The second-order valence-corrected chi connectivity index (χ2v) is 5.08. The quantitative estimate of drug-likeness (QED) is 0.901. The van der Waals surface area contributed by atoms with E-state index in [9.17, 15) is 0 Å². The summed E-state index contributed by atoms with van der Waals surface area (Å²) in [6.45, 7) is 6.40. The smallest absolute Gasteiger partial charge is 0.0798 e. The molecular formula is C13H17N3S. The Labute approximate surface area is 106 Å². The van der Waals surface area contributed by atoms with E-state index in [1.54, 1.807) is 11.3 Å². The number of aryl methyl sites for hydroxylation is 1. The van der Waals surface area contributed by atoms with Gasteiger partial charge in [-0.25, -0.2) is 4.98 Å². The lowest BCUT2D eigenvalue weighted by atomic mass is 10.1. The molecule has 0 saturated carbocycles. The van der Waals surface area contributed by atoms with Crippen LogP contribution in [0.4, 0.5) is 0 Å². The number of hydrogen-bond acceptors (Lipinski definition) is 4. The molecule has 0 saturated heterocycles. The Kier molecular flexibility index (Phi) is 3.86. The number of hydrogen-bond donors (Lipinski definition) is 1. The normalized spacial score (nSPS) is 14.5. The Morgan fingerprint density at radius 2 is 1.88 bits per heavy atom. The minimum Gasteiger partial charge on any atom is -0.303 e. The first-order chi connectivity index (χ1) is 8.18. The number of aromatic nitrogens is 2. The van der Waals surface area contributed by atoms with Gasteiger partial charge >= 0.3 is 0 Å². The third kappa shape index (κ3) is 2.90. The first kappa shape index (κ1) is 12.2. The average molecular weight is 247 g/mol. The zero-order chi connectivity index (χ0) is 12.3. The average Bonchev–Trinajstić information content (AvgIpc) is 2.76. The third-order valence-electron chi connectivity index (χ3n) is 2.88. The van der Waals surface area contributed by atoms with E-state index in [4.69, 9.17) is 0 Å². The van der Waals surface area contributed by atoms with Gasteiger partial charge in [0.05, 0.1) is 11.2 Å². The molecule has 0 amide bonds. The van der Waals surface area contributed by atoms with Crippen LogP contribution >= 0.6 is 11.3 Å². The summed E-state index contributed by atoms with van der Waals surface area (Å²) in [5.41, 5.74) is 4.28. The Morgan fingerprint density at radius 1 is 1.18 bits per heavy atom. The maximum absolute atomic E-state index is 4.29. The van der Waals surface area contributed by atoms with Crippen molar-refractivity contribution in [3.8, 4) is 0 Å². The lowest BCUT2D eigenvalue weighted by Crippen LogP contribution is -2.22. The van der Waals surface area contributed by atoms with E-state index in [0.717, 1.165) is 5.69 Å². The fourth-order valence-corrected chi connectivity index (χ4v) is 2.75. The molecule has 0 radical (unpaired) electrons. The molecule has 0 bridgehead atoms. The number of nitrogens with zero attached hydrogens (tertiary/aromatic N) is 2. The summed E-state index contributed by atoms with van der Waals surface area (Å²) in [5.74, 6) is 0. The summed E-state index contributed by atoms with van der Waals surface area (Å²) in [4.78, 5) is 9.63. The van der Waals surface area contributed by atoms with Crippen molar-refractivity contribution < 1.29 is 0 Å². The molecule has 0 fully saturated rings. The Morgan fingerprint density at radius 3 is 2.47 bits per heavy atom. The van der Waals surface area contributed by atoms with Crippen molar-refractivity contribution in [2.75, 3.05) is 0 Å². The first-order valence-electron chi connectivity index (χ1n) is 5.74. The van der Waals surface area contributed by atoms with E-state index in [2.05, 4.69) is 36.1 Å². The second kappa shape index (κ2) is 5.38. The number of nitrogens with one attached hydrogen (secondary N) is 1. The van der Waals surface area contributed by atoms with E-state index >= 15 is 0 Å². The molecule has 2 rings (SSSR count). The Hall–Kier alpha value is -1.26. The highest BCUT2D eigenvalue weighted by atomic mass is 32.1. The summed E-state index contributed by atoms with van der Waals surface area (Å²) >= 11 is 1.71. The zero-order valence-corrected chi connectivity index (χ0v) is 11.2. The molecule has 2 atom stereocenters. The highest BCUT2D eigenvalue weighted by molar-refractivity contribution is 7.09. The van der Waals surface area contributed by atoms with Crippen LogP contribution in [0.25, 0.3) is 0 Å². The van der Waals surface area contributed by atoms with Crippen LogP contribution in [0.5, 0.6) is 0 Å². The standard InChI is InChI=1S/C13H17N3S/c1-9(12-4-6-14-7-5-12)16-11(3)13-10(2)15-8-17-13/h4-9,11,16H,1-3H3. The number of pyridine rings is 1. The van der Waals surface area contributed by atoms with Crippen molar-refractivity contribution in [1.82, 2.24) is 15.3 Å². The topological polar surface area (TPSA) is 37.8 Å². The summed E-state index contributed by atoms with van der Waals surface area (Å²) in [7, 11) is 0. The minimum atomic E-state index is 0.314. The van der Waals surface area contributed by atoms with Crippen LogP contribution < -0.4 is 5.32 Å². The van der Waals surface area contributed by atoms with Gasteiger partial charge in [0.25, 0.3) is 0 Å². The van der Waals surface area contributed by atoms with Crippen LogP contribution in [-0.2, 0) is 0 Å². The van der Waals surface area contributed by atoms with Crippen LogP contribution in [0.2, 0.25) is 0 Å². The molecule has 90 valence electrons. The molecule has 2 aromatic rings. The van der Waals surface area contributed by atoms with Crippen LogP contribution in [-0.4, -0.2) is 9.97 Å². The van der Waals surface area contributed by atoms with E-state index in [0.29, 0.717) is 12.1 Å². The summed E-state index contributed by atoms with van der Waals surface area (Å²) in [6.07, 6.45) is 3.66. The molecule has 17 heavy (non-hydrogen) atoms. The predicted octanol–water partition coefficient (Wildman–Crippen LogP) is 3.26. The van der Waals surface area contributed by atoms with Gasteiger partial charge in [0, 0.05) is 29.4 Å². The molecule has 2 unspecified atom stereocenters. The fourth-order valence-electron chi connectivity index (χ4n) is 1.93. The molecule has 0 aliphatic heterocycles. The maximum Gasteiger partial charge on any atom is 0.0798 e. The van der Waals surface area contributed by atoms with Gasteiger partial charge in [-0.1, -0.05) is 0 Å². The van der Waals surface area contributed by atoms with E-state index < -0.39 is 0 Å². The molecule has 2 heterocycles. The van der Waals surface area contributed by atoms with Gasteiger partial charge in [-0.05, 0) is 38.5 Å². The second-order valence-electron chi connectivity index (χ2n) is 4.19. The molecule has 1 N–H and O–H groups in total. The van der Waals surface area contributed by atoms with Gasteiger partial charge in [0.2, 0.25) is 0 Å². The van der Waals surface area contributed by atoms with Crippen molar-refractivity contribution in [1.29, 1.82) is 0 Å². The molecular weight excluding hydrogens is 230 g/mol. The Bertz CT molecular complexity index is 467. The SMILES string of the molecule is Cc1ncsc1C(C)NC(C)c1ccncc1. The van der Waals surface area contributed by atoms with E-state index in [1.807, 2.05) is 30.0 Å². The monoisotopic (exact) mass is 247 g/mol. The van der Waals surface area contributed by atoms with Crippen LogP contribution in [0, 0.1) is 6.92 Å². The summed E-state index contributed by atoms with van der Waals surface area (Å²) in [6, 6.07) is 4.73. The summed E-state index contributed by atoms with van der Waals surface area (Å²) in [5, 5.41) is 3.58. The Balaban J connectivity index is 2.05. The molecule has 0 spiro atoms. The molecule has 0 aromatic carbocycles. The van der Waals surface area contributed by atoms with Gasteiger partial charge < -0.3 is 5.32 Å². The molecule has 2 aromatic heterocycles. The predicted molar refractivity (Wildman–Crippen MR) is 71.1 cm³/mol. The lowest BCUT2D eigenvalue weighted by Gasteiger charge is -2.19. The van der Waals surface area contributed by atoms with Gasteiger partial charge in [-0.15, -0.1) is 11.3 Å². The van der Waals surface area contributed by atoms with Crippen LogP contribution in [0.15, 0.2) is 30.0 Å². The molecule has 0 aliphatic carbocycles. The van der Waals surface area contributed by atoms with Gasteiger partial charge in [0.15, 0.2) is 0 Å². The van der Waals surface area contributed by atoms with Crippen molar-refractivity contribution in [3.05, 3.63) is 46.2 Å². The van der Waals surface area contributed by atoms with Crippen molar-refractivity contribution in [2.24, 2.45) is 0 Å². The number of thiazole rings is 1. The molecule has 4 heteroatoms. The van der Waals surface area contributed by atoms with Crippen LogP contribution in [0.3, 0.4) is 0 Å². The van der Waals surface area contributed by atoms with E-state index in [-0.39, 0.29) is 0 Å². The highest BCUT2D eigenvalue weighted by Gasteiger charge is 2.14. The van der Waals surface area contributed by atoms with E-state index in [1.165, 1.54) is 10.4 Å². The van der Waals surface area contributed by atoms with Crippen molar-refractivity contribution in [2.45, 2.75) is 32.9 Å². The van der Waals surface area contributed by atoms with Gasteiger partial charge in [-0.3, -0.25) is 4.98 Å². The third-order valence-corrected chi connectivity index (χ3v) is 4.00. The lowest BCUT2D eigenvalue weighted by molar-refractivity contribution is 0.498. The van der Waals surface area contributed by atoms with Gasteiger partial charge in [-0.2, -0.15) is 0 Å². The maximum atomic E-state index is 4.29. The molecule has 3 nitrogen and oxygen atoms in total.